The van der Waals surface area contributed by atoms with Gasteiger partial charge in [-0.25, -0.2) is 4.68 Å². The van der Waals surface area contributed by atoms with Crippen molar-refractivity contribution in [2.45, 2.75) is 26.5 Å². The molecule has 6 heteroatoms. The monoisotopic (exact) mass is 381 g/mol. The fourth-order valence-corrected chi connectivity index (χ4v) is 3.63. The van der Waals surface area contributed by atoms with Crippen LogP contribution in [0.3, 0.4) is 0 Å². The van der Waals surface area contributed by atoms with Crippen LogP contribution in [0, 0.1) is 20.8 Å². The topological polar surface area (TPSA) is 64.0 Å². The van der Waals surface area contributed by atoms with E-state index in [-0.39, 0.29) is 5.91 Å². The van der Waals surface area contributed by atoms with E-state index in [0.29, 0.717) is 17.0 Å². The first-order valence-electron chi connectivity index (χ1n) is 8.68. The van der Waals surface area contributed by atoms with Gasteiger partial charge in [-0.2, -0.15) is 5.10 Å². The predicted octanol–water partition coefficient (Wildman–Crippen LogP) is 3.93. The molecule has 0 unspecified atom stereocenters. The Hall–Kier alpha value is -2.73. The molecule has 1 aromatic heterocycles. The Morgan fingerprint density at radius 1 is 1.11 bits per heavy atom. The van der Waals surface area contributed by atoms with Gasteiger partial charge in [-0.3, -0.25) is 9.00 Å². The van der Waals surface area contributed by atoms with Gasteiger partial charge in [-0.15, -0.1) is 0 Å². The lowest BCUT2D eigenvalue weighted by molar-refractivity contribution is 0.102. The highest BCUT2D eigenvalue weighted by molar-refractivity contribution is 7.83. The largest absolute Gasteiger partial charge is 0.319 e. The minimum Gasteiger partial charge on any atom is -0.319 e. The molecular weight excluding hydrogens is 358 g/mol. The summed E-state index contributed by atoms with van der Waals surface area (Å²) in [7, 11) is -0.948. The summed E-state index contributed by atoms with van der Waals surface area (Å²) >= 11 is 0. The van der Waals surface area contributed by atoms with E-state index >= 15 is 0 Å². The summed E-state index contributed by atoms with van der Waals surface area (Å²) in [4.78, 5) is 12.7. The first kappa shape index (κ1) is 19.0. The second kappa shape index (κ2) is 7.88. The number of hydrogen-bond acceptors (Lipinski definition) is 3. The first-order chi connectivity index (χ1) is 12.8. The molecule has 3 rings (SSSR count). The second-order valence-corrected chi connectivity index (χ2v) is 8.10. The lowest BCUT2D eigenvalue weighted by Crippen LogP contribution is -2.13. The Balaban J connectivity index is 1.86. The van der Waals surface area contributed by atoms with Gasteiger partial charge >= 0.3 is 0 Å². The van der Waals surface area contributed by atoms with Crippen LogP contribution in [0.15, 0.2) is 48.5 Å². The quantitative estimate of drug-likeness (QED) is 0.728. The Morgan fingerprint density at radius 2 is 1.81 bits per heavy atom. The van der Waals surface area contributed by atoms with Crippen molar-refractivity contribution in [3.05, 3.63) is 76.6 Å². The van der Waals surface area contributed by atoms with Gasteiger partial charge in [0.15, 0.2) is 0 Å². The van der Waals surface area contributed by atoms with E-state index in [1.165, 1.54) is 5.56 Å². The SMILES string of the molecule is Cc1ccc(-n2nc(C)c(NC(=O)c3cccc(C[S@@](C)=O)c3)c2C)cc1. The lowest BCUT2D eigenvalue weighted by Gasteiger charge is -2.08. The van der Waals surface area contributed by atoms with Crippen molar-refractivity contribution in [2.75, 3.05) is 11.6 Å². The van der Waals surface area contributed by atoms with E-state index < -0.39 is 10.8 Å². The molecule has 0 aliphatic heterocycles. The smallest absolute Gasteiger partial charge is 0.255 e. The summed E-state index contributed by atoms with van der Waals surface area (Å²) < 4.78 is 13.3. The Morgan fingerprint density at radius 3 is 2.48 bits per heavy atom. The van der Waals surface area contributed by atoms with E-state index in [4.69, 9.17) is 0 Å². The number of nitrogens with zero attached hydrogens (tertiary/aromatic N) is 2. The van der Waals surface area contributed by atoms with Crippen LogP contribution in [-0.2, 0) is 16.6 Å². The second-order valence-electron chi connectivity index (χ2n) is 6.67. The van der Waals surface area contributed by atoms with Crippen LogP contribution >= 0.6 is 0 Å². The average Bonchev–Trinajstić information content (AvgIpc) is 2.90. The number of rotatable bonds is 5. The molecule has 0 fully saturated rings. The van der Waals surface area contributed by atoms with Crippen molar-refractivity contribution >= 4 is 22.4 Å². The molecule has 0 aliphatic rings. The van der Waals surface area contributed by atoms with Gasteiger partial charge in [-0.05, 0) is 50.6 Å². The maximum atomic E-state index is 12.7. The standard InChI is InChI=1S/C21H23N3O2S/c1-14-8-10-19(11-9-14)24-16(3)20(15(2)23-24)22-21(25)18-7-5-6-17(12-18)13-27(4)26/h5-12H,13H2,1-4H3,(H,22,25)/t27-/m1/s1. The molecule has 140 valence electrons. The van der Waals surface area contributed by atoms with E-state index in [9.17, 15) is 9.00 Å². The molecule has 1 heterocycles. The van der Waals surface area contributed by atoms with E-state index in [1.807, 2.05) is 61.9 Å². The van der Waals surface area contributed by atoms with Gasteiger partial charge in [0, 0.05) is 28.4 Å². The third-order valence-corrected chi connectivity index (χ3v) is 5.11. The zero-order valence-electron chi connectivity index (χ0n) is 15.9. The van der Waals surface area contributed by atoms with E-state index in [2.05, 4.69) is 10.4 Å². The molecule has 27 heavy (non-hydrogen) atoms. The number of benzene rings is 2. The maximum absolute atomic E-state index is 12.7. The lowest BCUT2D eigenvalue weighted by atomic mass is 10.1. The summed E-state index contributed by atoms with van der Waals surface area (Å²) in [5.74, 6) is 0.234. The minimum atomic E-state index is -0.948. The fourth-order valence-electron chi connectivity index (χ4n) is 2.98. The van der Waals surface area contributed by atoms with E-state index in [0.717, 1.165) is 22.6 Å². The van der Waals surface area contributed by atoms with Crippen molar-refractivity contribution in [2.24, 2.45) is 0 Å². The van der Waals surface area contributed by atoms with Crippen molar-refractivity contribution in [1.29, 1.82) is 0 Å². The van der Waals surface area contributed by atoms with Gasteiger partial charge in [0.25, 0.3) is 5.91 Å². The zero-order chi connectivity index (χ0) is 19.6. The molecule has 0 saturated carbocycles. The summed E-state index contributed by atoms with van der Waals surface area (Å²) in [6.07, 6.45) is 1.65. The van der Waals surface area contributed by atoms with Crippen LogP contribution in [0.5, 0.6) is 0 Å². The van der Waals surface area contributed by atoms with Crippen LogP contribution in [0.4, 0.5) is 5.69 Å². The minimum absolute atomic E-state index is 0.201. The van der Waals surface area contributed by atoms with Gasteiger partial charge in [0.2, 0.25) is 0 Å². The van der Waals surface area contributed by atoms with Crippen LogP contribution in [0.2, 0.25) is 0 Å². The van der Waals surface area contributed by atoms with Gasteiger partial charge in [0.05, 0.1) is 22.8 Å². The van der Waals surface area contributed by atoms with Crippen LogP contribution in [0.1, 0.15) is 32.9 Å². The number of nitrogens with one attached hydrogen (secondary N) is 1. The highest BCUT2D eigenvalue weighted by atomic mass is 32.2. The van der Waals surface area contributed by atoms with Gasteiger partial charge in [0.1, 0.15) is 0 Å². The third-order valence-electron chi connectivity index (χ3n) is 4.37. The Labute approximate surface area is 161 Å². The number of aryl methyl sites for hydroxylation is 2. The molecule has 0 saturated heterocycles. The number of carbonyl (C=O) groups is 1. The number of amides is 1. The normalized spacial score (nSPS) is 12.0. The van der Waals surface area contributed by atoms with Crippen molar-refractivity contribution in [3.63, 3.8) is 0 Å². The summed E-state index contributed by atoms with van der Waals surface area (Å²) in [6, 6.07) is 15.3. The molecule has 0 radical (unpaired) electrons. The molecule has 1 amide bonds. The van der Waals surface area contributed by atoms with Crippen molar-refractivity contribution < 1.29 is 9.00 Å². The van der Waals surface area contributed by atoms with Gasteiger partial charge < -0.3 is 5.32 Å². The van der Waals surface area contributed by atoms with Crippen LogP contribution in [0.25, 0.3) is 5.69 Å². The fraction of sp³-hybridized carbons (Fsp3) is 0.238. The molecule has 0 bridgehead atoms. The van der Waals surface area contributed by atoms with E-state index in [1.54, 1.807) is 18.4 Å². The summed E-state index contributed by atoms with van der Waals surface area (Å²) in [5, 5.41) is 7.55. The Bertz CT molecular complexity index is 1010. The summed E-state index contributed by atoms with van der Waals surface area (Å²) in [6.45, 7) is 5.86. The highest BCUT2D eigenvalue weighted by Crippen LogP contribution is 2.24. The molecule has 3 aromatic rings. The van der Waals surface area contributed by atoms with Crippen LogP contribution in [-0.4, -0.2) is 26.2 Å². The maximum Gasteiger partial charge on any atom is 0.255 e. The molecule has 0 spiro atoms. The third kappa shape index (κ3) is 4.34. The molecular formula is C21H23N3O2S. The molecule has 1 N–H and O–H groups in total. The van der Waals surface area contributed by atoms with Crippen molar-refractivity contribution in [3.8, 4) is 5.69 Å². The molecule has 1 atom stereocenters. The predicted molar refractivity (Wildman–Crippen MR) is 110 cm³/mol. The van der Waals surface area contributed by atoms with Gasteiger partial charge in [-0.1, -0.05) is 29.8 Å². The zero-order valence-corrected chi connectivity index (χ0v) is 16.8. The molecule has 0 aliphatic carbocycles. The average molecular weight is 382 g/mol. The first-order valence-corrected chi connectivity index (χ1v) is 10.4. The van der Waals surface area contributed by atoms with Crippen molar-refractivity contribution in [1.82, 2.24) is 9.78 Å². The molecule has 2 aromatic carbocycles. The number of anilines is 1. The Kier molecular flexibility index (Phi) is 5.56. The van der Waals surface area contributed by atoms with Crippen LogP contribution < -0.4 is 5.32 Å². The highest BCUT2D eigenvalue weighted by Gasteiger charge is 2.16. The molecule has 5 nitrogen and oxygen atoms in total. The number of aromatic nitrogens is 2. The number of carbonyl (C=O) groups excluding carboxylic acids is 1. The number of hydrogen-bond donors (Lipinski definition) is 1. The summed E-state index contributed by atoms with van der Waals surface area (Å²) in [5.41, 5.74) is 5.90.